The molecule has 1 aromatic carbocycles. The Hall–Kier alpha value is -1.70. The number of halogens is 3. The molecule has 21 heavy (non-hydrogen) atoms. The molecule has 0 bridgehead atoms. The number of benzene rings is 1. The molecule has 2 rings (SSSR count). The number of hydrogen-bond donors (Lipinski definition) is 0. The summed E-state index contributed by atoms with van der Waals surface area (Å²) in [4.78, 5) is 24.7. The van der Waals surface area contributed by atoms with Crippen molar-refractivity contribution in [2.45, 2.75) is 13.0 Å². The lowest BCUT2D eigenvalue weighted by Crippen LogP contribution is -2.27. The summed E-state index contributed by atoms with van der Waals surface area (Å²) in [5, 5.41) is 0. The zero-order valence-electron chi connectivity index (χ0n) is 11.0. The summed E-state index contributed by atoms with van der Waals surface area (Å²) in [6, 6.07) is 4.44. The van der Waals surface area contributed by atoms with Gasteiger partial charge in [-0.15, -0.1) is 0 Å². The van der Waals surface area contributed by atoms with Crippen LogP contribution in [0.3, 0.4) is 0 Å². The van der Waals surface area contributed by atoms with Gasteiger partial charge in [-0.05, 0) is 18.2 Å². The smallest absolute Gasteiger partial charge is 0.387 e. The third-order valence-corrected chi connectivity index (χ3v) is 3.58. The number of methoxy groups -OCH3 is 1. The molecule has 0 aliphatic carbocycles. The molecule has 5 nitrogen and oxygen atoms in total. The molecular formula is C13H12BrF2NO4. The zero-order valence-corrected chi connectivity index (χ0v) is 12.6. The normalized spacial score (nSPS) is 18.2. The van der Waals surface area contributed by atoms with Gasteiger partial charge in [-0.3, -0.25) is 9.59 Å². The van der Waals surface area contributed by atoms with E-state index in [4.69, 9.17) is 0 Å². The molecule has 114 valence electrons. The molecule has 0 N–H and O–H groups in total. The van der Waals surface area contributed by atoms with Gasteiger partial charge < -0.3 is 14.4 Å². The second-order valence-corrected chi connectivity index (χ2v) is 5.33. The minimum Gasteiger partial charge on any atom is -0.469 e. The molecule has 1 amide bonds. The average Bonchev–Trinajstić information content (AvgIpc) is 2.79. The maximum absolute atomic E-state index is 12.5. The van der Waals surface area contributed by atoms with Crippen molar-refractivity contribution >= 4 is 33.5 Å². The van der Waals surface area contributed by atoms with E-state index in [2.05, 4.69) is 25.4 Å². The molecule has 8 heteroatoms. The van der Waals surface area contributed by atoms with Gasteiger partial charge in [-0.25, -0.2) is 0 Å². The molecule has 1 heterocycles. The van der Waals surface area contributed by atoms with Crippen molar-refractivity contribution in [2.24, 2.45) is 5.92 Å². The Morgan fingerprint density at radius 2 is 2.19 bits per heavy atom. The lowest BCUT2D eigenvalue weighted by Gasteiger charge is -2.20. The van der Waals surface area contributed by atoms with Crippen LogP contribution in [0, 0.1) is 5.92 Å². The first-order valence-electron chi connectivity index (χ1n) is 6.05. The first-order chi connectivity index (χ1) is 9.92. The van der Waals surface area contributed by atoms with Crippen molar-refractivity contribution in [2.75, 3.05) is 18.6 Å². The number of rotatable bonds is 4. The molecular weight excluding hydrogens is 352 g/mol. The molecule has 0 spiro atoms. The zero-order chi connectivity index (χ0) is 15.6. The van der Waals surface area contributed by atoms with Crippen LogP contribution >= 0.6 is 15.9 Å². The Kier molecular flexibility index (Phi) is 4.76. The Bertz CT molecular complexity index is 567. The van der Waals surface area contributed by atoms with E-state index < -0.39 is 18.5 Å². The first-order valence-corrected chi connectivity index (χ1v) is 6.84. The third kappa shape index (κ3) is 3.49. The maximum atomic E-state index is 12.5. The summed E-state index contributed by atoms with van der Waals surface area (Å²) in [5.74, 6) is -1.57. The van der Waals surface area contributed by atoms with E-state index in [1.165, 1.54) is 24.1 Å². The van der Waals surface area contributed by atoms with E-state index in [1.807, 2.05) is 0 Å². The van der Waals surface area contributed by atoms with Gasteiger partial charge in [-0.2, -0.15) is 8.78 Å². The Labute approximate surface area is 127 Å². The van der Waals surface area contributed by atoms with E-state index in [0.29, 0.717) is 4.47 Å². The summed E-state index contributed by atoms with van der Waals surface area (Å²) in [6.07, 6.45) is -0.0170. The molecule has 1 saturated heterocycles. The van der Waals surface area contributed by atoms with E-state index >= 15 is 0 Å². The fraction of sp³-hybridized carbons (Fsp3) is 0.385. The van der Waals surface area contributed by atoms with Crippen molar-refractivity contribution in [3.63, 3.8) is 0 Å². The number of anilines is 1. The fourth-order valence-corrected chi connectivity index (χ4v) is 2.51. The average molecular weight is 364 g/mol. The topological polar surface area (TPSA) is 55.8 Å². The Morgan fingerprint density at radius 1 is 1.48 bits per heavy atom. The van der Waals surface area contributed by atoms with Crippen LogP contribution in [0.4, 0.5) is 14.5 Å². The molecule has 1 unspecified atom stereocenters. The van der Waals surface area contributed by atoms with Crippen LogP contribution in [0.15, 0.2) is 22.7 Å². The van der Waals surface area contributed by atoms with Crippen LogP contribution < -0.4 is 9.64 Å². The van der Waals surface area contributed by atoms with Crippen molar-refractivity contribution < 1.29 is 27.8 Å². The van der Waals surface area contributed by atoms with E-state index in [0.717, 1.165) is 0 Å². The van der Waals surface area contributed by atoms with Gasteiger partial charge in [0.25, 0.3) is 0 Å². The monoisotopic (exact) mass is 363 g/mol. The third-order valence-electron chi connectivity index (χ3n) is 3.09. The lowest BCUT2D eigenvalue weighted by molar-refractivity contribution is -0.145. The van der Waals surface area contributed by atoms with Crippen LogP contribution in [0.5, 0.6) is 5.75 Å². The van der Waals surface area contributed by atoms with Crippen molar-refractivity contribution in [3.8, 4) is 5.75 Å². The first kappa shape index (κ1) is 15.7. The minimum absolute atomic E-state index is 0.0170. The van der Waals surface area contributed by atoms with Gasteiger partial charge in [0.2, 0.25) is 5.91 Å². The number of ether oxygens (including phenoxy) is 2. The van der Waals surface area contributed by atoms with Crippen LogP contribution in [0.25, 0.3) is 0 Å². The Balaban J connectivity index is 2.29. The highest BCUT2D eigenvalue weighted by atomic mass is 79.9. The molecule has 1 aliphatic rings. The van der Waals surface area contributed by atoms with Gasteiger partial charge in [-0.1, -0.05) is 15.9 Å². The highest BCUT2D eigenvalue weighted by Gasteiger charge is 2.37. The molecule has 0 aromatic heterocycles. The number of amides is 1. The number of carbonyl (C=O) groups is 2. The second-order valence-electron chi connectivity index (χ2n) is 4.42. The number of alkyl halides is 2. The molecule has 1 fully saturated rings. The number of carbonyl (C=O) groups excluding carboxylic acids is 2. The molecule has 1 aliphatic heterocycles. The van der Waals surface area contributed by atoms with Crippen LogP contribution in [-0.4, -0.2) is 32.1 Å². The largest absolute Gasteiger partial charge is 0.469 e. The van der Waals surface area contributed by atoms with E-state index in [9.17, 15) is 18.4 Å². The number of nitrogens with zero attached hydrogens (tertiary/aromatic N) is 1. The highest BCUT2D eigenvalue weighted by Crippen LogP contribution is 2.36. The van der Waals surface area contributed by atoms with Crippen LogP contribution in [0.1, 0.15) is 6.42 Å². The highest BCUT2D eigenvalue weighted by molar-refractivity contribution is 9.10. The summed E-state index contributed by atoms with van der Waals surface area (Å²) in [6.45, 7) is -2.93. The van der Waals surface area contributed by atoms with E-state index in [-0.39, 0.29) is 30.3 Å². The van der Waals surface area contributed by atoms with Gasteiger partial charge in [0, 0.05) is 17.4 Å². The molecule has 1 aromatic rings. The summed E-state index contributed by atoms with van der Waals surface area (Å²) < 4.78 is 34.5. The maximum Gasteiger partial charge on any atom is 0.387 e. The van der Waals surface area contributed by atoms with Crippen molar-refractivity contribution in [1.29, 1.82) is 0 Å². The van der Waals surface area contributed by atoms with Gasteiger partial charge in [0.15, 0.2) is 5.75 Å². The number of esters is 1. The van der Waals surface area contributed by atoms with Crippen LogP contribution in [0.2, 0.25) is 0 Å². The van der Waals surface area contributed by atoms with Crippen molar-refractivity contribution in [3.05, 3.63) is 22.7 Å². The second kappa shape index (κ2) is 6.38. The van der Waals surface area contributed by atoms with Gasteiger partial charge in [0.05, 0.1) is 18.7 Å². The van der Waals surface area contributed by atoms with Gasteiger partial charge in [0.1, 0.15) is 0 Å². The summed E-state index contributed by atoms with van der Waals surface area (Å²) in [5.41, 5.74) is 0.204. The van der Waals surface area contributed by atoms with Crippen molar-refractivity contribution in [1.82, 2.24) is 0 Å². The number of hydrogen-bond acceptors (Lipinski definition) is 4. The van der Waals surface area contributed by atoms with Gasteiger partial charge >= 0.3 is 12.6 Å². The molecule has 0 radical (unpaired) electrons. The standard InChI is InChI=1S/C13H12BrF2NO4/c1-20-12(19)7-4-11(18)17(6-7)9-3-2-8(14)5-10(9)21-13(15)16/h2-3,5,7,13H,4,6H2,1H3. The predicted molar refractivity (Wildman–Crippen MR) is 73.3 cm³/mol. The SMILES string of the molecule is COC(=O)C1CC(=O)N(c2ccc(Br)cc2OC(F)F)C1. The lowest BCUT2D eigenvalue weighted by atomic mass is 10.1. The predicted octanol–water partition coefficient (Wildman–Crippen LogP) is 2.58. The molecule has 0 saturated carbocycles. The minimum atomic E-state index is -3.01. The van der Waals surface area contributed by atoms with E-state index in [1.54, 1.807) is 6.07 Å². The molecule has 1 atom stereocenters. The summed E-state index contributed by atoms with van der Waals surface area (Å²) >= 11 is 3.15. The van der Waals surface area contributed by atoms with Crippen LogP contribution in [-0.2, 0) is 14.3 Å². The summed E-state index contributed by atoms with van der Waals surface area (Å²) in [7, 11) is 1.24. The fourth-order valence-electron chi connectivity index (χ4n) is 2.17. The quantitative estimate of drug-likeness (QED) is 0.771. The Morgan fingerprint density at radius 3 is 2.81 bits per heavy atom.